The molecular weight excluding hydrogens is 255 g/mol. The molecule has 0 amide bonds. The molecule has 0 bridgehead atoms. The maximum atomic E-state index is 12.8. The smallest absolute Gasteiger partial charge is 0.257 e. The molecule has 0 aliphatic carbocycles. The summed E-state index contributed by atoms with van der Waals surface area (Å²) in [5, 5.41) is 12.9. The number of aliphatic hydroxyl groups is 1. The molecule has 1 unspecified atom stereocenters. The van der Waals surface area contributed by atoms with E-state index in [1.165, 1.54) is 12.1 Å². The zero-order chi connectivity index (χ0) is 13.0. The van der Waals surface area contributed by atoms with Crippen LogP contribution in [0.2, 0.25) is 0 Å². The first-order valence-electron chi connectivity index (χ1n) is 5.50. The minimum absolute atomic E-state index is 0.118. The zero-order valence-electron chi connectivity index (χ0n) is 9.84. The molecule has 0 fully saturated rings. The van der Waals surface area contributed by atoms with E-state index in [0.717, 1.165) is 0 Å². The molecule has 0 aliphatic heterocycles. The van der Waals surface area contributed by atoms with Crippen molar-refractivity contribution in [3.8, 4) is 11.5 Å². The van der Waals surface area contributed by atoms with Gasteiger partial charge in [0.1, 0.15) is 5.82 Å². The van der Waals surface area contributed by atoms with Gasteiger partial charge in [-0.15, -0.1) is 11.8 Å². The van der Waals surface area contributed by atoms with Gasteiger partial charge in [-0.05, 0) is 24.3 Å². The highest BCUT2D eigenvalue weighted by Crippen LogP contribution is 2.20. The Kier molecular flexibility index (Phi) is 4.33. The van der Waals surface area contributed by atoms with E-state index in [2.05, 4.69) is 10.1 Å². The lowest BCUT2D eigenvalue weighted by Gasteiger charge is -2.03. The maximum absolute atomic E-state index is 12.8. The van der Waals surface area contributed by atoms with Crippen LogP contribution in [-0.2, 0) is 5.75 Å². The standard InChI is InChI=1S/C12H13FN2O2S/c1-8(6-16)18-7-11-14-12(17-15-11)9-2-4-10(13)5-3-9/h2-5,8,16H,6-7H2,1H3. The first-order chi connectivity index (χ1) is 8.69. The van der Waals surface area contributed by atoms with Crippen molar-refractivity contribution in [2.24, 2.45) is 0 Å². The summed E-state index contributed by atoms with van der Waals surface area (Å²) in [4.78, 5) is 4.21. The third-order valence-electron chi connectivity index (χ3n) is 2.31. The molecule has 0 radical (unpaired) electrons. The molecule has 4 nitrogen and oxygen atoms in total. The highest BCUT2D eigenvalue weighted by Gasteiger charge is 2.10. The van der Waals surface area contributed by atoms with E-state index in [0.29, 0.717) is 23.0 Å². The summed E-state index contributed by atoms with van der Waals surface area (Å²) in [6, 6.07) is 5.88. The number of aromatic nitrogens is 2. The molecule has 1 atom stereocenters. The van der Waals surface area contributed by atoms with Crippen molar-refractivity contribution < 1.29 is 14.0 Å². The summed E-state index contributed by atoms with van der Waals surface area (Å²) < 4.78 is 17.9. The molecule has 0 saturated heterocycles. The van der Waals surface area contributed by atoms with Crippen molar-refractivity contribution in [2.75, 3.05) is 6.61 Å². The molecule has 6 heteroatoms. The second kappa shape index (κ2) is 5.97. The van der Waals surface area contributed by atoms with E-state index in [1.807, 2.05) is 6.92 Å². The molecule has 0 aliphatic rings. The average Bonchev–Trinajstić information content (AvgIpc) is 2.85. The first kappa shape index (κ1) is 13.0. The zero-order valence-corrected chi connectivity index (χ0v) is 10.7. The Balaban J connectivity index is 2.03. The number of halogens is 1. The van der Waals surface area contributed by atoms with Crippen LogP contribution in [0.3, 0.4) is 0 Å². The summed E-state index contributed by atoms with van der Waals surface area (Å²) >= 11 is 1.55. The Labute approximate surface area is 108 Å². The normalized spacial score (nSPS) is 12.6. The van der Waals surface area contributed by atoms with Gasteiger partial charge in [-0.3, -0.25) is 0 Å². The van der Waals surface area contributed by atoms with Gasteiger partial charge in [0.2, 0.25) is 0 Å². The van der Waals surface area contributed by atoms with Crippen molar-refractivity contribution in [3.05, 3.63) is 35.9 Å². The molecule has 18 heavy (non-hydrogen) atoms. The molecule has 0 saturated carbocycles. The van der Waals surface area contributed by atoms with Gasteiger partial charge in [-0.25, -0.2) is 4.39 Å². The van der Waals surface area contributed by atoms with Crippen molar-refractivity contribution in [1.82, 2.24) is 10.1 Å². The summed E-state index contributed by atoms with van der Waals surface area (Å²) in [5.41, 5.74) is 0.690. The lowest BCUT2D eigenvalue weighted by atomic mass is 10.2. The summed E-state index contributed by atoms with van der Waals surface area (Å²) in [5.74, 6) is 1.22. The van der Waals surface area contributed by atoms with Gasteiger partial charge in [0.15, 0.2) is 5.82 Å². The van der Waals surface area contributed by atoms with Gasteiger partial charge in [0, 0.05) is 10.8 Å². The van der Waals surface area contributed by atoms with Crippen molar-refractivity contribution in [2.45, 2.75) is 17.9 Å². The summed E-state index contributed by atoms with van der Waals surface area (Å²) in [6.07, 6.45) is 0. The SMILES string of the molecule is CC(CO)SCc1noc(-c2ccc(F)cc2)n1. The number of hydrogen-bond acceptors (Lipinski definition) is 5. The average molecular weight is 268 g/mol. The molecule has 1 N–H and O–H groups in total. The third kappa shape index (κ3) is 3.30. The predicted octanol–water partition coefficient (Wildman–Crippen LogP) is 2.49. The molecular formula is C12H13FN2O2S. The van der Waals surface area contributed by atoms with Gasteiger partial charge in [-0.1, -0.05) is 12.1 Å². The molecule has 1 aromatic carbocycles. The van der Waals surface area contributed by atoms with Crippen LogP contribution in [-0.4, -0.2) is 27.1 Å². The van der Waals surface area contributed by atoms with Gasteiger partial charge in [-0.2, -0.15) is 4.98 Å². The molecule has 96 valence electrons. The fourth-order valence-electron chi connectivity index (χ4n) is 1.29. The van der Waals surface area contributed by atoms with Crippen LogP contribution in [0, 0.1) is 5.82 Å². The molecule has 1 heterocycles. The monoisotopic (exact) mass is 268 g/mol. The highest BCUT2D eigenvalue weighted by molar-refractivity contribution is 7.99. The van der Waals surface area contributed by atoms with Gasteiger partial charge in [0.25, 0.3) is 5.89 Å². The molecule has 0 spiro atoms. The van der Waals surface area contributed by atoms with Crippen LogP contribution in [0.5, 0.6) is 0 Å². The Hall–Kier alpha value is -1.40. The van der Waals surface area contributed by atoms with E-state index in [9.17, 15) is 4.39 Å². The van der Waals surface area contributed by atoms with Crippen LogP contribution in [0.15, 0.2) is 28.8 Å². The topological polar surface area (TPSA) is 59.2 Å². The number of hydrogen-bond donors (Lipinski definition) is 1. The van der Waals surface area contributed by atoms with E-state index < -0.39 is 0 Å². The lowest BCUT2D eigenvalue weighted by molar-refractivity contribution is 0.300. The molecule has 1 aromatic heterocycles. The highest BCUT2D eigenvalue weighted by atomic mass is 32.2. The molecule has 2 rings (SSSR count). The van der Waals surface area contributed by atoms with E-state index in [1.54, 1.807) is 23.9 Å². The van der Waals surface area contributed by atoms with Gasteiger partial charge in [0.05, 0.1) is 12.4 Å². The van der Waals surface area contributed by atoms with Crippen molar-refractivity contribution in [3.63, 3.8) is 0 Å². The fraction of sp³-hybridized carbons (Fsp3) is 0.333. The minimum atomic E-state index is -0.300. The second-order valence-electron chi connectivity index (χ2n) is 3.83. The maximum Gasteiger partial charge on any atom is 0.257 e. The third-order valence-corrected chi connectivity index (χ3v) is 3.46. The number of rotatable bonds is 5. The number of benzene rings is 1. The number of thioether (sulfide) groups is 1. The van der Waals surface area contributed by atoms with E-state index in [-0.39, 0.29) is 17.7 Å². The Morgan fingerprint density at radius 1 is 1.39 bits per heavy atom. The van der Waals surface area contributed by atoms with Crippen LogP contribution >= 0.6 is 11.8 Å². The Bertz CT molecular complexity index is 501. The van der Waals surface area contributed by atoms with Gasteiger partial charge >= 0.3 is 0 Å². The number of nitrogens with zero attached hydrogens (tertiary/aromatic N) is 2. The fourth-order valence-corrected chi connectivity index (χ4v) is 1.95. The summed E-state index contributed by atoms with van der Waals surface area (Å²) in [7, 11) is 0. The largest absolute Gasteiger partial charge is 0.395 e. The lowest BCUT2D eigenvalue weighted by Crippen LogP contribution is -2.02. The minimum Gasteiger partial charge on any atom is -0.395 e. The predicted molar refractivity (Wildman–Crippen MR) is 67.5 cm³/mol. The number of aliphatic hydroxyl groups excluding tert-OH is 1. The Morgan fingerprint density at radius 3 is 2.78 bits per heavy atom. The van der Waals surface area contributed by atoms with Crippen LogP contribution in [0.4, 0.5) is 4.39 Å². The second-order valence-corrected chi connectivity index (χ2v) is 5.25. The van der Waals surface area contributed by atoms with Crippen molar-refractivity contribution >= 4 is 11.8 Å². The van der Waals surface area contributed by atoms with Gasteiger partial charge < -0.3 is 9.63 Å². The van der Waals surface area contributed by atoms with Crippen molar-refractivity contribution in [1.29, 1.82) is 0 Å². The van der Waals surface area contributed by atoms with E-state index in [4.69, 9.17) is 9.63 Å². The van der Waals surface area contributed by atoms with E-state index >= 15 is 0 Å². The van der Waals surface area contributed by atoms with Crippen LogP contribution < -0.4 is 0 Å². The quantitative estimate of drug-likeness (QED) is 0.902. The molecule has 2 aromatic rings. The first-order valence-corrected chi connectivity index (χ1v) is 6.55. The van der Waals surface area contributed by atoms with Crippen LogP contribution in [0.25, 0.3) is 11.5 Å². The Morgan fingerprint density at radius 2 is 2.11 bits per heavy atom. The van der Waals surface area contributed by atoms with Crippen LogP contribution in [0.1, 0.15) is 12.7 Å². The summed E-state index contributed by atoms with van der Waals surface area (Å²) in [6.45, 7) is 2.04.